The highest BCUT2D eigenvalue weighted by Gasteiger charge is 2.33. The Morgan fingerprint density at radius 3 is 2.55 bits per heavy atom. The average molecular weight is 535 g/mol. The van der Waals surface area contributed by atoms with E-state index in [4.69, 9.17) is 0 Å². The first-order valence-electron chi connectivity index (χ1n) is 12.9. The van der Waals surface area contributed by atoms with Gasteiger partial charge >= 0.3 is 0 Å². The largest absolute Gasteiger partial charge is 0.380 e. The molecule has 10 heteroatoms. The number of halogens is 1. The molecule has 2 aliphatic carbocycles. The van der Waals surface area contributed by atoms with Crippen molar-refractivity contribution in [2.45, 2.75) is 62.1 Å². The molecule has 2 aliphatic rings. The Hall–Kier alpha value is -3.37. The van der Waals surface area contributed by atoms with E-state index in [0.717, 1.165) is 52.1 Å². The number of rotatable bonds is 8. The predicted molar refractivity (Wildman–Crippen MR) is 145 cm³/mol. The molecule has 1 fully saturated rings. The monoisotopic (exact) mass is 534 g/mol. The first kappa shape index (κ1) is 24.9. The fourth-order valence-electron chi connectivity index (χ4n) is 5.14. The van der Waals surface area contributed by atoms with E-state index >= 15 is 0 Å². The number of alkyl halides is 1. The smallest absolute Gasteiger partial charge is 0.241 e. The quantitative estimate of drug-likeness (QED) is 0.345. The van der Waals surface area contributed by atoms with Gasteiger partial charge in [-0.25, -0.2) is 17.5 Å². The van der Waals surface area contributed by atoms with Gasteiger partial charge in [0.25, 0.3) is 0 Å². The molecule has 38 heavy (non-hydrogen) atoms. The number of nitrogens with zero attached hydrogens (tertiary/aromatic N) is 4. The lowest BCUT2D eigenvalue weighted by molar-refractivity contribution is 0.221. The Bertz CT molecular complexity index is 1620. The van der Waals surface area contributed by atoms with E-state index in [1.165, 1.54) is 13.8 Å². The zero-order valence-electron chi connectivity index (χ0n) is 21.7. The molecule has 0 saturated heterocycles. The van der Waals surface area contributed by atoms with Gasteiger partial charge in [-0.05, 0) is 81.0 Å². The Kier molecular flexibility index (Phi) is 5.99. The minimum atomic E-state index is -3.96. The fraction of sp³-hybridized carbons (Fsp3) is 0.393. The minimum Gasteiger partial charge on any atom is -0.380 e. The summed E-state index contributed by atoms with van der Waals surface area (Å²) in [5.74, 6) is 0.386. The summed E-state index contributed by atoms with van der Waals surface area (Å²) in [7, 11) is -2.10. The number of hydrogen-bond donors (Lipinski definition) is 2. The Morgan fingerprint density at radius 2 is 1.89 bits per heavy atom. The van der Waals surface area contributed by atoms with E-state index in [-0.39, 0.29) is 17.5 Å². The number of pyridine rings is 2. The van der Waals surface area contributed by atoms with Gasteiger partial charge < -0.3 is 5.32 Å². The maximum Gasteiger partial charge on any atom is 0.241 e. The first-order chi connectivity index (χ1) is 18.1. The predicted octanol–water partition coefficient (Wildman–Crippen LogP) is 4.51. The lowest BCUT2D eigenvalue weighted by atomic mass is 10.0. The van der Waals surface area contributed by atoms with Crippen LogP contribution < -0.4 is 10.0 Å². The van der Waals surface area contributed by atoms with Crippen molar-refractivity contribution in [3.05, 3.63) is 65.7 Å². The maximum atomic E-state index is 14.3. The molecule has 4 aromatic rings. The third kappa shape index (κ3) is 5.02. The van der Waals surface area contributed by atoms with E-state index in [1.54, 1.807) is 17.1 Å². The summed E-state index contributed by atoms with van der Waals surface area (Å²) in [4.78, 5) is 9.42. The van der Waals surface area contributed by atoms with Crippen molar-refractivity contribution in [2.75, 3.05) is 11.9 Å². The molecule has 2 N–H and O–H groups in total. The zero-order valence-corrected chi connectivity index (χ0v) is 22.5. The standard InChI is InChI=1S/C28H31FN6O2S/c1-28(2,29)16-32-38(36,37)27-22-12-21(33-20-6-7-24(31-15-20)25-8-9-35(3)34-25)11-18(22)10-19-14-30-26(13-23(19)27)17-4-5-17/h6-10,13-15,17,21,32-33H,4-5,11-12,16H2,1-3H3/t21-/m1/s1. The molecule has 0 aliphatic heterocycles. The molecular weight excluding hydrogens is 503 g/mol. The zero-order chi connectivity index (χ0) is 26.7. The molecule has 1 atom stereocenters. The van der Waals surface area contributed by atoms with Crippen molar-refractivity contribution in [1.82, 2.24) is 24.5 Å². The van der Waals surface area contributed by atoms with E-state index in [2.05, 4.69) is 31.2 Å². The second kappa shape index (κ2) is 9.13. The summed E-state index contributed by atoms with van der Waals surface area (Å²) in [5.41, 5.74) is 3.44. The van der Waals surface area contributed by atoms with E-state index < -0.39 is 15.7 Å². The van der Waals surface area contributed by atoms with Gasteiger partial charge in [0, 0.05) is 54.4 Å². The van der Waals surface area contributed by atoms with Crippen molar-refractivity contribution in [1.29, 1.82) is 0 Å². The van der Waals surface area contributed by atoms with Crippen molar-refractivity contribution in [3.63, 3.8) is 0 Å². The van der Waals surface area contributed by atoms with Crippen LogP contribution in [0.2, 0.25) is 0 Å². The lowest BCUT2D eigenvalue weighted by Gasteiger charge is -2.18. The average Bonchev–Trinajstić information content (AvgIpc) is 3.51. The molecule has 0 bridgehead atoms. The summed E-state index contributed by atoms with van der Waals surface area (Å²) in [6.45, 7) is 2.44. The highest BCUT2D eigenvalue weighted by Crippen LogP contribution is 2.42. The third-order valence-corrected chi connectivity index (χ3v) is 8.69. The first-order valence-corrected chi connectivity index (χ1v) is 14.4. The summed E-state index contributed by atoms with van der Waals surface area (Å²) in [6.07, 6.45) is 8.76. The number of hydrogen-bond acceptors (Lipinski definition) is 6. The van der Waals surface area contributed by atoms with Gasteiger partial charge in [0.2, 0.25) is 10.0 Å². The molecule has 1 saturated carbocycles. The molecule has 0 amide bonds. The van der Waals surface area contributed by atoms with Gasteiger partial charge in [0.05, 0.1) is 22.5 Å². The number of aryl methyl sites for hydroxylation is 1. The number of aromatic nitrogens is 4. The van der Waals surface area contributed by atoms with Crippen molar-refractivity contribution in [2.24, 2.45) is 7.05 Å². The summed E-state index contributed by atoms with van der Waals surface area (Å²) in [6, 6.07) is 9.76. The van der Waals surface area contributed by atoms with Crippen LogP contribution >= 0.6 is 0 Å². The molecule has 3 heterocycles. The van der Waals surface area contributed by atoms with Crippen LogP contribution in [0.1, 0.15) is 49.4 Å². The minimum absolute atomic E-state index is 0.00765. The second-order valence-electron chi connectivity index (χ2n) is 11.0. The Labute approximate surface area is 221 Å². The van der Waals surface area contributed by atoms with Crippen LogP contribution in [0.5, 0.6) is 0 Å². The number of fused-ring (bicyclic) bond motifs is 2. The molecule has 0 spiro atoms. The summed E-state index contributed by atoms with van der Waals surface area (Å²) >= 11 is 0. The summed E-state index contributed by atoms with van der Waals surface area (Å²) in [5, 5.41) is 9.36. The number of nitrogens with one attached hydrogen (secondary N) is 2. The van der Waals surface area contributed by atoms with Crippen LogP contribution in [0, 0.1) is 0 Å². The van der Waals surface area contributed by atoms with Crippen molar-refractivity contribution in [3.8, 4) is 11.4 Å². The van der Waals surface area contributed by atoms with Gasteiger partial charge in [0.15, 0.2) is 0 Å². The summed E-state index contributed by atoms with van der Waals surface area (Å²) < 4.78 is 45.9. The van der Waals surface area contributed by atoms with E-state index in [0.29, 0.717) is 24.1 Å². The maximum absolute atomic E-state index is 14.3. The molecule has 0 radical (unpaired) electrons. The van der Waals surface area contributed by atoms with Crippen molar-refractivity contribution >= 4 is 26.5 Å². The molecule has 198 valence electrons. The number of benzene rings is 1. The molecule has 8 nitrogen and oxygen atoms in total. The molecule has 6 rings (SSSR count). The van der Waals surface area contributed by atoms with Crippen LogP contribution in [0.4, 0.5) is 10.1 Å². The topological polar surface area (TPSA) is 102 Å². The van der Waals surface area contributed by atoms with Gasteiger partial charge in [-0.3, -0.25) is 14.6 Å². The van der Waals surface area contributed by atoms with E-state index in [9.17, 15) is 12.8 Å². The van der Waals surface area contributed by atoms with Gasteiger partial charge in [-0.1, -0.05) is 0 Å². The third-order valence-electron chi connectivity index (χ3n) is 7.17. The van der Waals surface area contributed by atoms with Crippen LogP contribution in [0.15, 0.2) is 53.8 Å². The van der Waals surface area contributed by atoms with E-state index in [1.807, 2.05) is 37.5 Å². The Balaban J connectivity index is 1.32. The van der Waals surface area contributed by atoms with Gasteiger partial charge in [0.1, 0.15) is 11.4 Å². The van der Waals surface area contributed by atoms with Crippen molar-refractivity contribution < 1.29 is 12.8 Å². The SMILES string of the molecule is Cn1ccc(-c2ccc(N[C@@H]3Cc4cc5cnc(C6CC6)cc5c(S(=O)(=O)NCC(C)(C)F)c4C3)cn2)n1. The second-order valence-corrected chi connectivity index (χ2v) is 12.8. The molecule has 0 unspecified atom stereocenters. The molecular formula is C28H31FN6O2S. The lowest BCUT2D eigenvalue weighted by Crippen LogP contribution is -2.36. The van der Waals surface area contributed by atoms with Gasteiger partial charge in [-0.15, -0.1) is 0 Å². The fourth-order valence-corrected chi connectivity index (χ4v) is 6.82. The number of sulfonamides is 1. The normalized spacial score (nSPS) is 17.6. The number of anilines is 1. The van der Waals surface area contributed by atoms with Crippen LogP contribution in [0.25, 0.3) is 22.2 Å². The van der Waals surface area contributed by atoms with Crippen LogP contribution in [-0.4, -0.2) is 46.4 Å². The molecule has 1 aromatic carbocycles. The molecule has 3 aromatic heterocycles. The Morgan fingerprint density at radius 1 is 1.08 bits per heavy atom. The van der Waals surface area contributed by atoms with Crippen LogP contribution in [-0.2, 0) is 29.9 Å². The van der Waals surface area contributed by atoms with Crippen LogP contribution in [0.3, 0.4) is 0 Å². The highest BCUT2D eigenvalue weighted by molar-refractivity contribution is 7.89. The van der Waals surface area contributed by atoms with Gasteiger partial charge in [-0.2, -0.15) is 5.10 Å². The highest BCUT2D eigenvalue weighted by atomic mass is 32.2.